The molecule has 0 aromatic heterocycles. The minimum Gasteiger partial charge on any atom is -0.301 e. The molecule has 0 aromatic carbocycles. The van der Waals surface area contributed by atoms with Crippen LogP contribution in [-0.4, -0.2) is 96.6 Å². The number of piperidine rings is 1. The van der Waals surface area contributed by atoms with Crippen molar-refractivity contribution in [2.45, 2.75) is 57.5 Å². The fourth-order valence-corrected chi connectivity index (χ4v) is 4.43. The third kappa shape index (κ3) is 4.87. The van der Waals surface area contributed by atoms with Crippen LogP contribution in [0.2, 0.25) is 0 Å². The molecule has 140 valence electrons. The van der Waals surface area contributed by atoms with Crippen LogP contribution in [0.5, 0.6) is 0 Å². The van der Waals surface area contributed by atoms with Crippen LogP contribution in [0.1, 0.15) is 39.5 Å². The predicted octanol–water partition coefficient (Wildman–Crippen LogP) is 2.17. The molecule has 3 aliphatic rings. The topological polar surface area (TPSA) is 13.0 Å². The molecule has 3 aliphatic heterocycles. The van der Waals surface area contributed by atoms with Gasteiger partial charge in [-0.25, -0.2) is 8.78 Å². The number of hydrogen-bond acceptors (Lipinski definition) is 4. The molecule has 0 saturated carbocycles. The van der Waals surface area contributed by atoms with Crippen LogP contribution in [0.4, 0.5) is 8.78 Å². The Morgan fingerprint density at radius 3 is 2.29 bits per heavy atom. The highest BCUT2D eigenvalue weighted by molar-refractivity contribution is 4.85. The quantitative estimate of drug-likeness (QED) is 0.732. The van der Waals surface area contributed by atoms with Crippen molar-refractivity contribution in [3.8, 4) is 0 Å². The van der Waals surface area contributed by atoms with E-state index in [0.29, 0.717) is 12.6 Å². The number of alkyl halides is 2. The smallest absolute Gasteiger partial charge is 0.261 e. The SMILES string of the molecule is CC(C)N1CCC(N2CCN(CCCN3CCC(F)(F)C3)C2)CC1. The number of likely N-dealkylation sites (tertiary alicyclic amines) is 2. The average Bonchev–Trinajstić information content (AvgIpc) is 3.14. The first-order valence-corrected chi connectivity index (χ1v) is 9.73. The van der Waals surface area contributed by atoms with E-state index in [4.69, 9.17) is 0 Å². The molecule has 0 bridgehead atoms. The molecule has 4 nitrogen and oxygen atoms in total. The molecule has 3 rings (SSSR count). The standard InChI is InChI=1S/C18H34F2N4/c1-16(2)23-9-4-17(5-10-23)24-13-12-22(15-24)8-3-7-21-11-6-18(19,20)14-21/h16-17H,3-15H2,1-2H3. The summed E-state index contributed by atoms with van der Waals surface area (Å²) in [5.74, 6) is -2.45. The summed E-state index contributed by atoms with van der Waals surface area (Å²) in [6, 6.07) is 1.40. The second-order valence-corrected chi connectivity index (χ2v) is 8.17. The van der Waals surface area contributed by atoms with Crippen molar-refractivity contribution in [2.24, 2.45) is 0 Å². The van der Waals surface area contributed by atoms with Crippen molar-refractivity contribution in [1.82, 2.24) is 19.6 Å². The maximum absolute atomic E-state index is 13.2. The molecule has 3 fully saturated rings. The lowest BCUT2D eigenvalue weighted by atomic mass is 10.0. The van der Waals surface area contributed by atoms with Crippen LogP contribution in [0.15, 0.2) is 0 Å². The minimum atomic E-state index is -2.45. The van der Waals surface area contributed by atoms with E-state index in [1.54, 1.807) is 0 Å². The van der Waals surface area contributed by atoms with Crippen LogP contribution in [0.3, 0.4) is 0 Å². The largest absolute Gasteiger partial charge is 0.301 e. The third-order valence-electron chi connectivity index (χ3n) is 6.03. The van der Waals surface area contributed by atoms with Crippen molar-refractivity contribution in [3.63, 3.8) is 0 Å². The number of nitrogens with zero attached hydrogens (tertiary/aromatic N) is 4. The Balaban J connectivity index is 1.31. The summed E-state index contributed by atoms with van der Waals surface area (Å²) in [7, 11) is 0. The Kier molecular flexibility index (Phi) is 6.11. The maximum Gasteiger partial charge on any atom is 0.261 e. The highest BCUT2D eigenvalue weighted by atomic mass is 19.3. The van der Waals surface area contributed by atoms with E-state index < -0.39 is 5.92 Å². The van der Waals surface area contributed by atoms with Gasteiger partial charge in [0.1, 0.15) is 0 Å². The van der Waals surface area contributed by atoms with Crippen LogP contribution < -0.4 is 0 Å². The molecule has 0 atom stereocenters. The van der Waals surface area contributed by atoms with Gasteiger partial charge in [0, 0.05) is 44.7 Å². The Labute approximate surface area is 145 Å². The molecule has 0 amide bonds. The van der Waals surface area contributed by atoms with Crippen LogP contribution >= 0.6 is 0 Å². The number of hydrogen-bond donors (Lipinski definition) is 0. The van der Waals surface area contributed by atoms with E-state index in [9.17, 15) is 8.78 Å². The van der Waals surface area contributed by atoms with Gasteiger partial charge in [-0.1, -0.05) is 0 Å². The lowest BCUT2D eigenvalue weighted by Gasteiger charge is -2.38. The van der Waals surface area contributed by atoms with Gasteiger partial charge < -0.3 is 4.90 Å². The molecule has 3 saturated heterocycles. The van der Waals surface area contributed by atoms with Gasteiger partial charge in [-0.2, -0.15) is 0 Å². The Hall–Kier alpha value is -0.300. The summed E-state index contributed by atoms with van der Waals surface area (Å²) < 4.78 is 26.4. The molecular weight excluding hydrogens is 310 g/mol. The first kappa shape index (κ1) is 18.5. The molecule has 0 aromatic rings. The number of halogens is 2. The van der Waals surface area contributed by atoms with Gasteiger partial charge in [0.25, 0.3) is 5.92 Å². The molecule has 0 spiro atoms. The molecule has 0 unspecified atom stereocenters. The highest BCUT2D eigenvalue weighted by Gasteiger charge is 2.37. The van der Waals surface area contributed by atoms with Crippen LogP contribution in [-0.2, 0) is 0 Å². The van der Waals surface area contributed by atoms with Gasteiger partial charge in [-0.15, -0.1) is 0 Å². The maximum atomic E-state index is 13.2. The van der Waals surface area contributed by atoms with Gasteiger partial charge in [-0.3, -0.25) is 14.7 Å². The summed E-state index contributed by atoms with van der Waals surface area (Å²) in [6.07, 6.45) is 3.62. The van der Waals surface area contributed by atoms with E-state index in [1.807, 2.05) is 4.90 Å². The molecule has 3 heterocycles. The van der Waals surface area contributed by atoms with E-state index in [1.165, 1.54) is 32.5 Å². The first-order chi connectivity index (χ1) is 11.4. The summed E-state index contributed by atoms with van der Waals surface area (Å²) in [5.41, 5.74) is 0. The normalized spacial score (nSPS) is 28.4. The zero-order chi connectivity index (χ0) is 17.2. The average molecular weight is 344 g/mol. The Bertz CT molecular complexity index is 396. The van der Waals surface area contributed by atoms with Crippen molar-refractivity contribution < 1.29 is 8.78 Å². The molecular formula is C18H34F2N4. The molecule has 6 heteroatoms. The Morgan fingerprint density at radius 1 is 0.958 bits per heavy atom. The van der Waals surface area contributed by atoms with Crippen LogP contribution in [0, 0.1) is 0 Å². The number of rotatable bonds is 6. The molecule has 0 N–H and O–H groups in total. The second kappa shape index (κ2) is 7.94. The van der Waals surface area contributed by atoms with Gasteiger partial charge in [0.05, 0.1) is 13.2 Å². The summed E-state index contributed by atoms with van der Waals surface area (Å²) >= 11 is 0. The fraction of sp³-hybridized carbons (Fsp3) is 1.00. The van der Waals surface area contributed by atoms with Gasteiger partial charge in [0.2, 0.25) is 0 Å². The van der Waals surface area contributed by atoms with Crippen molar-refractivity contribution in [3.05, 3.63) is 0 Å². The van der Waals surface area contributed by atoms with Crippen molar-refractivity contribution >= 4 is 0 Å². The molecule has 0 radical (unpaired) electrons. The van der Waals surface area contributed by atoms with Gasteiger partial charge in [-0.05, 0) is 52.7 Å². The van der Waals surface area contributed by atoms with E-state index in [0.717, 1.165) is 38.8 Å². The molecule has 0 aliphatic carbocycles. The zero-order valence-electron chi connectivity index (χ0n) is 15.4. The van der Waals surface area contributed by atoms with Crippen molar-refractivity contribution in [1.29, 1.82) is 0 Å². The van der Waals surface area contributed by atoms with E-state index in [-0.39, 0.29) is 13.0 Å². The lowest BCUT2D eigenvalue weighted by molar-refractivity contribution is 0.0119. The summed E-state index contributed by atoms with van der Waals surface area (Å²) in [4.78, 5) is 9.65. The second-order valence-electron chi connectivity index (χ2n) is 8.17. The van der Waals surface area contributed by atoms with Crippen molar-refractivity contribution in [2.75, 3.05) is 59.0 Å². The predicted molar refractivity (Wildman–Crippen MR) is 93.5 cm³/mol. The summed E-state index contributed by atoms with van der Waals surface area (Å²) in [6.45, 7) is 12.8. The third-order valence-corrected chi connectivity index (χ3v) is 6.03. The van der Waals surface area contributed by atoms with E-state index in [2.05, 4.69) is 28.5 Å². The molecule has 24 heavy (non-hydrogen) atoms. The first-order valence-electron chi connectivity index (χ1n) is 9.73. The van der Waals surface area contributed by atoms with Gasteiger partial charge in [0.15, 0.2) is 0 Å². The minimum absolute atomic E-state index is 0.0342. The Morgan fingerprint density at radius 2 is 1.67 bits per heavy atom. The fourth-order valence-electron chi connectivity index (χ4n) is 4.43. The zero-order valence-corrected chi connectivity index (χ0v) is 15.4. The highest BCUT2D eigenvalue weighted by Crippen LogP contribution is 2.26. The summed E-state index contributed by atoms with van der Waals surface area (Å²) in [5, 5.41) is 0. The lowest BCUT2D eigenvalue weighted by Crippen LogP contribution is -2.46. The monoisotopic (exact) mass is 344 g/mol. The van der Waals surface area contributed by atoms with Gasteiger partial charge >= 0.3 is 0 Å². The van der Waals surface area contributed by atoms with Crippen LogP contribution in [0.25, 0.3) is 0 Å². The van der Waals surface area contributed by atoms with E-state index >= 15 is 0 Å².